The summed E-state index contributed by atoms with van der Waals surface area (Å²) in [6.45, 7) is 1.80. The molecule has 0 spiro atoms. The quantitative estimate of drug-likeness (QED) is 0.386. The number of benzene rings is 2. The maximum Gasteiger partial charge on any atom is 0.262 e. The SMILES string of the molecule is C/C(=N/NC(=O)CSc1cccc2cccnc12)c1ccc2c(c1)NC(=O)CO2. The number of hydrazone groups is 1. The molecule has 4 rings (SSSR count). The number of rotatable bonds is 5. The smallest absolute Gasteiger partial charge is 0.262 e. The molecule has 8 heteroatoms. The molecule has 0 atom stereocenters. The van der Waals surface area contributed by atoms with Gasteiger partial charge in [0.1, 0.15) is 5.75 Å². The predicted octanol–water partition coefficient (Wildman–Crippen LogP) is 3.20. The van der Waals surface area contributed by atoms with E-state index < -0.39 is 0 Å². The first-order chi connectivity index (χ1) is 14.1. The van der Waals surface area contributed by atoms with Gasteiger partial charge in [0.15, 0.2) is 6.61 Å². The van der Waals surface area contributed by atoms with Crippen LogP contribution in [-0.2, 0) is 9.59 Å². The van der Waals surface area contributed by atoms with E-state index in [4.69, 9.17) is 4.74 Å². The number of aromatic nitrogens is 1. The van der Waals surface area contributed by atoms with Gasteiger partial charge >= 0.3 is 0 Å². The number of thioether (sulfide) groups is 1. The van der Waals surface area contributed by atoms with Gasteiger partial charge in [-0.15, -0.1) is 11.8 Å². The molecule has 0 saturated carbocycles. The Morgan fingerprint density at radius 1 is 1.28 bits per heavy atom. The van der Waals surface area contributed by atoms with Crippen molar-refractivity contribution in [3.05, 3.63) is 60.3 Å². The summed E-state index contributed by atoms with van der Waals surface area (Å²) in [4.78, 5) is 29.0. The van der Waals surface area contributed by atoms with E-state index in [1.807, 2.05) is 36.4 Å². The van der Waals surface area contributed by atoms with Crippen molar-refractivity contribution in [3.8, 4) is 5.75 Å². The maximum absolute atomic E-state index is 12.2. The van der Waals surface area contributed by atoms with Gasteiger partial charge in [0.25, 0.3) is 5.91 Å². The number of para-hydroxylation sites is 1. The Kier molecular flexibility index (Phi) is 5.44. The normalized spacial score (nSPS) is 13.4. The molecule has 3 aromatic rings. The highest BCUT2D eigenvalue weighted by atomic mass is 32.2. The van der Waals surface area contributed by atoms with Crippen LogP contribution in [0, 0.1) is 0 Å². The van der Waals surface area contributed by atoms with Crippen LogP contribution in [0.2, 0.25) is 0 Å². The Morgan fingerprint density at radius 2 is 2.14 bits per heavy atom. The van der Waals surface area contributed by atoms with Crippen LogP contribution in [0.3, 0.4) is 0 Å². The summed E-state index contributed by atoms with van der Waals surface area (Å²) in [5.41, 5.74) is 5.46. The van der Waals surface area contributed by atoms with Gasteiger partial charge in [-0.1, -0.05) is 18.2 Å². The van der Waals surface area contributed by atoms with Gasteiger partial charge in [0.05, 0.1) is 22.7 Å². The summed E-state index contributed by atoms with van der Waals surface area (Å²) in [6.07, 6.45) is 1.74. The van der Waals surface area contributed by atoms with E-state index in [0.29, 0.717) is 17.1 Å². The first-order valence-electron chi connectivity index (χ1n) is 8.97. The molecule has 2 amide bonds. The molecule has 2 aromatic carbocycles. The molecule has 0 saturated heterocycles. The Bertz CT molecular complexity index is 1120. The number of carbonyl (C=O) groups is 2. The van der Waals surface area contributed by atoms with Crippen molar-refractivity contribution in [2.24, 2.45) is 5.10 Å². The second-order valence-corrected chi connectivity index (χ2v) is 7.42. The van der Waals surface area contributed by atoms with E-state index in [-0.39, 0.29) is 24.2 Å². The third-order valence-corrected chi connectivity index (χ3v) is 5.38. The summed E-state index contributed by atoms with van der Waals surface area (Å²) < 4.78 is 5.34. The molecule has 0 bridgehead atoms. The molecular formula is C21H18N4O3S. The minimum Gasteiger partial charge on any atom is -0.482 e. The number of fused-ring (bicyclic) bond motifs is 2. The zero-order valence-electron chi connectivity index (χ0n) is 15.6. The van der Waals surface area contributed by atoms with Crippen LogP contribution in [0.25, 0.3) is 10.9 Å². The number of anilines is 1. The minimum absolute atomic E-state index is 0.0133. The molecule has 0 aliphatic carbocycles. The molecule has 2 N–H and O–H groups in total. The number of hydrogen-bond donors (Lipinski definition) is 2. The van der Waals surface area contributed by atoms with Crippen molar-refractivity contribution in [1.29, 1.82) is 0 Å². The maximum atomic E-state index is 12.2. The monoisotopic (exact) mass is 406 g/mol. The molecule has 1 aliphatic rings. The molecule has 0 radical (unpaired) electrons. The van der Waals surface area contributed by atoms with Crippen molar-refractivity contribution in [1.82, 2.24) is 10.4 Å². The Hall–Kier alpha value is -3.39. The van der Waals surface area contributed by atoms with E-state index in [0.717, 1.165) is 21.4 Å². The molecule has 0 fully saturated rings. The highest BCUT2D eigenvalue weighted by molar-refractivity contribution is 8.00. The third kappa shape index (κ3) is 4.38. The summed E-state index contributed by atoms with van der Waals surface area (Å²) in [5, 5.41) is 7.97. The first kappa shape index (κ1) is 18.9. The van der Waals surface area contributed by atoms with Crippen LogP contribution in [0.4, 0.5) is 5.69 Å². The minimum atomic E-state index is -0.211. The molecule has 0 unspecified atom stereocenters. The molecule has 7 nitrogen and oxygen atoms in total. The summed E-state index contributed by atoms with van der Waals surface area (Å²) in [5.74, 6) is 0.431. The number of nitrogens with one attached hydrogen (secondary N) is 2. The number of carbonyl (C=O) groups excluding carboxylic acids is 2. The fourth-order valence-corrected chi connectivity index (χ4v) is 3.72. The average Bonchev–Trinajstić information content (AvgIpc) is 2.75. The number of amides is 2. The van der Waals surface area contributed by atoms with E-state index >= 15 is 0 Å². The van der Waals surface area contributed by atoms with E-state index in [9.17, 15) is 9.59 Å². The topological polar surface area (TPSA) is 92.7 Å². The molecule has 29 heavy (non-hydrogen) atoms. The van der Waals surface area contributed by atoms with Crippen molar-refractivity contribution < 1.29 is 14.3 Å². The summed E-state index contributed by atoms with van der Waals surface area (Å²) in [7, 11) is 0. The highest BCUT2D eigenvalue weighted by Crippen LogP contribution is 2.29. The van der Waals surface area contributed by atoms with Gasteiger partial charge < -0.3 is 10.1 Å². The molecule has 146 valence electrons. The van der Waals surface area contributed by atoms with Gasteiger partial charge in [-0.25, -0.2) is 5.43 Å². The lowest BCUT2D eigenvalue weighted by Gasteiger charge is -2.18. The lowest BCUT2D eigenvalue weighted by atomic mass is 10.1. The second kappa shape index (κ2) is 8.32. The molecule has 1 aliphatic heterocycles. The number of hydrogen-bond acceptors (Lipinski definition) is 6. The number of nitrogens with zero attached hydrogens (tertiary/aromatic N) is 2. The Labute approximate surface area is 171 Å². The lowest BCUT2D eigenvalue weighted by molar-refractivity contribution is -0.119. The Morgan fingerprint density at radius 3 is 3.03 bits per heavy atom. The number of ether oxygens (including phenoxy) is 1. The summed E-state index contributed by atoms with van der Waals surface area (Å²) in [6, 6.07) is 15.1. The zero-order chi connectivity index (χ0) is 20.2. The van der Waals surface area contributed by atoms with E-state index in [2.05, 4.69) is 20.8 Å². The molecule has 2 heterocycles. The standard InChI is InChI=1S/C21H18N4O3S/c1-13(15-7-8-17-16(10-15)23-19(26)11-28-17)24-25-20(27)12-29-18-6-2-4-14-5-3-9-22-21(14)18/h2-10H,11-12H2,1H3,(H,23,26)(H,25,27)/b24-13-. The molecule has 1 aromatic heterocycles. The van der Waals surface area contributed by atoms with Crippen LogP contribution in [0.15, 0.2) is 64.7 Å². The lowest BCUT2D eigenvalue weighted by Crippen LogP contribution is -2.25. The fourth-order valence-electron chi connectivity index (χ4n) is 2.89. The van der Waals surface area contributed by atoms with Gasteiger partial charge in [0.2, 0.25) is 5.91 Å². The van der Waals surface area contributed by atoms with Crippen LogP contribution >= 0.6 is 11.8 Å². The third-order valence-electron chi connectivity index (χ3n) is 4.33. The van der Waals surface area contributed by atoms with Crippen LogP contribution < -0.4 is 15.5 Å². The van der Waals surface area contributed by atoms with Crippen molar-refractivity contribution in [2.75, 3.05) is 17.7 Å². The van der Waals surface area contributed by atoms with Gasteiger partial charge in [-0.3, -0.25) is 14.6 Å². The van der Waals surface area contributed by atoms with E-state index in [1.54, 1.807) is 25.3 Å². The van der Waals surface area contributed by atoms with E-state index in [1.165, 1.54) is 11.8 Å². The number of pyridine rings is 1. The predicted molar refractivity (Wildman–Crippen MR) is 113 cm³/mol. The van der Waals surface area contributed by atoms with Crippen molar-refractivity contribution in [3.63, 3.8) is 0 Å². The molecular weight excluding hydrogens is 388 g/mol. The van der Waals surface area contributed by atoms with Crippen molar-refractivity contribution in [2.45, 2.75) is 11.8 Å². The van der Waals surface area contributed by atoms with Gasteiger partial charge in [0, 0.05) is 16.5 Å². The highest BCUT2D eigenvalue weighted by Gasteiger charge is 2.16. The second-order valence-electron chi connectivity index (χ2n) is 6.40. The fraction of sp³-hybridized carbons (Fsp3) is 0.143. The van der Waals surface area contributed by atoms with Gasteiger partial charge in [-0.05, 0) is 42.8 Å². The van der Waals surface area contributed by atoms with Crippen LogP contribution in [0.5, 0.6) is 5.75 Å². The largest absolute Gasteiger partial charge is 0.482 e. The van der Waals surface area contributed by atoms with Crippen molar-refractivity contribution >= 4 is 45.9 Å². The zero-order valence-corrected chi connectivity index (χ0v) is 16.5. The summed E-state index contributed by atoms with van der Waals surface area (Å²) >= 11 is 1.42. The van der Waals surface area contributed by atoms with Gasteiger partial charge in [-0.2, -0.15) is 5.10 Å². The first-order valence-corrected chi connectivity index (χ1v) is 9.95. The van der Waals surface area contributed by atoms with Crippen LogP contribution in [-0.4, -0.2) is 34.9 Å². The van der Waals surface area contributed by atoms with Crippen LogP contribution in [0.1, 0.15) is 12.5 Å². The Balaban J connectivity index is 1.39. The average molecular weight is 406 g/mol.